The zero-order valence-electron chi connectivity index (χ0n) is 9.92. The summed E-state index contributed by atoms with van der Waals surface area (Å²) in [5, 5.41) is 3.34. The first-order valence-electron chi connectivity index (χ1n) is 6.21. The monoisotopic (exact) mass is 343 g/mol. The van der Waals surface area contributed by atoms with Gasteiger partial charge in [0.25, 0.3) is 0 Å². The van der Waals surface area contributed by atoms with Gasteiger partial charge in [-0.1, -0.05) is 12.1 Å². The van der Waals surface area contributed by atoms with Gasteiger partial charge in [0.05, 0.1) is 0 Å². The average molecular weight is 343 g/mol. The van der Waals surface area contributed by atoms with E-state index in [-0.39, 0.29) is 0 Å². The molecule has 1 fully saturated rings. The van der Waals surface area contributed by atoms with Crippen LogP contribution in [0.2, 0.25) is 0 Å². The third-order valence-electron chi connectivity index (χ3n) is 3.31. The lowest BCUT2D eigenvalue weighted by Crippen LogP contribution is -2.11. The maximum absolute atomic E-state index is 11.8. The van der Waals surface area contributed by atoms with Gasteiger partial charge in [0, 0.05) is 16.4 Å². The molecule has 1 unspecified atom stereocenters. The van der Waals surface area contributed by atoms with Crippen LogP contribution in [0.4, 0.5) is 0 Å². The molecule has 92 valence electrons. The number of hydrogen-bond donors (Lipinski definition) is 1. The summed E-state index contributed by atoms with van der Waals surface area (Å²) in [6.45, 7) is 2.22. The van der Waals surface area contributed by atoms with E-state index in [1.165, 1.54) is 9.99 Å². The van der Waals surface area contributed by atoms with Gasteiger partial charge in [-0.05, 0) is 72.1 Å². The van der Waals surface area contributed by atoms with Gasteiger partial charge in [-0.3, -0.25) is 4.79 Å². The van der Waals surface area contributed by atoms with E-state index in [2.05, 4.69) is 52.2 Å². The summed E-state index contributed by atoms with van der Waals surface area (Å²) < 4.78 is 1.22. The number of benzene rings is 1. The van der Waals surface area contributed by atoms with Crippen LogP contribution in [0.1, 0.15) is 24.8 Å². The molecule has 1 aromatic rings. The molecule has 1 aliphatic heterocycles. The van der Waals surface area contributed by atoms with Gasteiger partial charge in [0.15, 0.2) is 0 Å². The lowest BCUT2D eigenvalue weighted by molar-refractivity contribution is -0.118. The number of carbonyl (C=O) groups excluding carboxylic acids is 1. The summed E-state index contributed by atoms with van der Waals surface area (Å²) in [6.07, 6.45) is 3.61. The van der Waals surface area contributed by atoms with E-state index in [0.29, 0.717) is 12.2 Å². The molecule has 0 aliphatic carbocycles. The number of halogens is 1. The second kappa shape index (κ2) is 6.50. The number of ketones is 1. The molecule has 1 N–H and O–H groups in total. The maximum Gasteiger partial charge on any atom is 0.137 e. The molecule has 0 aromatic heterocycles. The minimum Gasteiger partial charge on any atom is -0.316 e. The molecule has 1 heterocycles. The SMILES string of the molecule is O=C(CCC1CCNC1)Cc1ccc(I)cc1. The van der Waals surface area contributed by atoms with Crippen LogP contribution in [-0.4, -0.2) is 18.9 Å². The average Bonchev–Trinajstić information content (AvgIpc) is 2.83. The quantitative estimate of drug-likeness (QED) is 0.833. The van der Waals surface area contributed by atoms with Gasteiger partial charge in [-0.2, -0.15) is 0 Å². The Morgan fingerprint density at radius 2 is 2.12 bits per heavy atom. The molecule has 1 atom stereocenters. The summed E-state index contributed by atoms with van der Waals surface area (Å²) in [6, 6.07) is 8.22. The van der Waals surface area contributed by atoms with Gasteiger partial charge in [-0.15, -0.1) is 0 Å². The Morgan fingerprint density at radius 3 is 2.76 bits per heavy atom. The van der Waals surface area contributed by atoms with E-state index in [9.17, 15) is 4.79 Å². The molecule has 1 aliphatic rings. The number of carbonyl (C=O) groups is 1. The van der Waals surface area contributed by atoms with Crippen LogP contribution in [0.15, 0.2) is 24.3 Å². The van der Waals surface area contributed by atoms with Crippen LogP contribution in [0.5, 0.6) is 0 Å². The molecule has 0 bridgehead atoms. The van der Waals surface area contributed by atoms with E-state index < -0.39 is 0 Å². The molecule has 3 heteroatoms. The van der Waals surface area contributed by atoms with Crippen molar-refractivity contribution >= 4 is 28.4 Å². The molecule has 0 saturated carbocycles. The summed E-state index contributed by atoms with van der Waals surface area (Å²) in [7, 11) is 0. The largest absolute Gasteiger partial charge is 0.316 e. The Morgan fingerprint density at radius 1 is 1.35 bits per heavy atom. The van der Waals surface area contributed by atoms with Crippen molar-refractivity contribution in [3.8, 4) is 0 Å². The zero-order valence-corrected chi connectivity index (χ0v) is 12.1. The highest BCUT2D eigenvalue weighted by Crippen LogP contribution is 2.15. The van der Waals surface area contributed by atoms with Crippen molar-refractivity contribution in [1.29, 1.82) is 0 Å². The lowest BCUT2D eigenvalue weighted by Gasteiger charge is -2.07. The zero-order chi connectivity index (χ0) is 12.1. The summed E-state index contributed by atoms with van der Waals surface area (Å²) in [5.74, 6) is 1.09. The van der Waals surface area contributed by atoms with Crippen LogP contribution in [0.3, 0.4) is 0 Å². The lowest BCUT2D eigenvalue weighted by atomic mass is 9.98. The van der Waals surface area contributed by atoms with Crippen LogP contribution >= 0.6 is 22.6 Å². The second-order valence-corrected chi connectivity index (χ2v) is 5.99. The molecule has 1 aromatic carbocycles. The molecule has 1 saturated heterocycles. The van der Waals surface area contributed by atoms with Gasteiger partial charge in [-0.25, -0.2) is 0 Å². The van der Waals surface area contributed by atoms with E-state index in [1.54, 1.807) is 0 Å². The van der Waals surface area contributed by atoms with Crippen molar-refractivity contribution in [2.45, 2.75) is 25.7 Å². The molecule has 2 rings (SSSR count). The van der Waals surface area contributed by atoms with Gasteiger partial charge >= 0.3 is 0 Å². The third kappa shape index (κ3) is 4.39. The summed E-state index contributed by atoms with van der Waals surface area (Å²) in [5.41, 5.74) is 1.14. The van der Waals surface area contributed by atoms with Crippen molar-refractivity contribution in [2.75, 3.05) is 13.1 Å². The van der Waals surface area contributed by atoms with Crippen LogP contribution in [0.25, 0.3) is 0 Å². The van der Waals surface area contributed by atoms with E-state index in [1.807, 2.05) is 0 Å². The van der Waals surface area contributed by atoms with Crippen molar-refractivity contribution in [2.24, 2.45) is 5.92 Å². The minimum atomic E-state index is 0.373. The van der Waals surface area contributed by atoms with Gasteiger partial charge < -0.3 is 5.32 Å². The summed E-state index contributed by atoms with van der Waals surface area (Å²) in [4.78, 5) is 11.8. The molecule has 0 amide bonds. The molecule has 0 spiro atoms. The summed E-state index contributed by atoms with van der Waals surface area (Å²) >= 11 is 2.28. The first kappa shape index (κ1) is 13.0. The molecular formula is C14H18INO. The molecule has 17 heavy (non-hydrogen) atoms. The van der Waals surface area contributed by atoms with Crippen molar-refractivity contribution in [1.82, 2.24) is 5.32 Å². The number of hydrogen-bond acceptors (Lipinski definition) is 2. The highest BCUT2D eigenvalue weighted by Gasteiger charge is 2.15. The molecule has 2 nitrogen and oxygen atoms in total. The first-order valence-corrected chi connectivity index (χ1v) is 7.29. The van der Waals surface area contributed by atoms with E-state index >= 15 is 0 Å². The van der Waals surface area contributed by atoms with E-state index in [4.69, 9.17) is 0 Å². The smallest absolute Gasteiger partial charge is 0.137 e. The maximum atomic E-state index is 11.8. The van der Waals surface area contributed by atoms with Crippen molar-refractivity contribution in [3.05, 3.63) is 33.4 Å². The predicted molar refractivity (Wildman–Crippen MR) is 78.1 cm³/mol. The fourth-order valence-electron chi connectivity index (χ4n) is 2.24. The van der Waals surface area contributed by atoms with Crippen molar-refractivity contribution < 1.29 is 4.79 Å². The standard InChI is InChI=1S/C14H18INO/c15-13-4-1-11(2-5-13)9-14(17)6-3-12-7-8-16-10-12/h1-2,4-5,12,16H,3,6-10H2. The third-order valence-corrected chi connectivity index (χ3v) is 4.03. The molecule has 0 radical (unpaired) electrons. The highest BCUT2D eigenvalue weighted by atomic mass is 127. The predicted octanol–water partition coefficient (Wildman–Crippen LogP) is 2.79. The Kier molecular flexibility index (Phi) is 4.98. The topological polar surface area (TPSA) is 29.1 Å². The van der Waals surface area contributed by atoms with Crippen molar-refractivity contribution in [3.63, 3.8) is 0 Å². The van der Waals surface area contributed by atoms with Gasteiger partial charge in [0.2, 0.25) is 0 Å². The first-order chi connectivity index (χ1) is 8.24. The van der Waals surface area contributed by atoms with Gasteiger partial charge in [0.1, 0.15) is 5.78 Å². The Bertz CT molecular complexity index is 368. The number of Topliss-reactive ketones (excluding diaryl/α,β-unsaturated/α-hetero) is 1. The van der Waals surface area contributed by atoms with Crippen LogP contribution < -0.4 is 5.32 Å². The van der Waals surface area contributed by atoms with Crippen LogP contribution in [-0.2, 0) is 11.2 Å². The molecular weight excluding hydrogens is 325 g/mol. The Labute approximate surface area is 116 Å². The normalized spacial score (nSPS) is 19.5. The second-order valence-electron chi connectivity index (χ2n) is 4.74. The fraction of sp³-hybridized carbons (Fsp3) is 0.500. The highest BCUT2D eigenvalue weighted by molar-refractivity contribution is 14.1. The number of nitrogens with one attached hydrogen (secondary N) is 1. The Balaban J connectivity index is 1.74. The number of rotatable bonds is 5. The Hall–Kier alpha value is -0.420. The van der Waals surface area contributed by atoms with E-state index in [0.717, 1.165) is 37.4 Å². The fourth-order valence-corrected chi connectivity index (χ4v) is 2.60. The minimum absolute atomic E-state index is 0.373. The van der Waals surface area contributed by atoms with Crippen LogP contribution in [0, 0.1) is 9.49 Å².